The SMILES string of the molecule is CCC(O)c1ccc(F)cc1.O=C1CC(c2ccc(CO)cc2)N1c1ccc(F)cc1. The van der Waals surface area contributed by atoms with Gasteiger partial charge in [-0.2, -0.15) is 0 Å². The highest BCUT2D eigenvalue weighted by molar-refractivity contribution is 6.01. The van der Waals surface area contributed by atoms with Crippen molar-refractivity contribution in [3.8, 4) is 0 Å². The first-order chi connectivity index (χ1) is 14.9. The molecule has 0 radical (unpaired) electrons. The Bertz CT molecular complexity index is 989. The van der Waals surface area contributed by atoms with Crippen LogP contribution in [0.2, 0.25) is 0 Å². The van der Waals surface area contributed by atoms with E-state index in [9.17, 15) is 18.7 Å². The fourth-order valence-corrected chi connectivity index (χ4v) is 3.37. The van der Waals surface area contributed by atoms with Gasteiger partial charge in [-0.3, -0.25) is 4.79 Å². The lowest BCUT2D eigenvalue weighted by Gasteiger charge is -2.40. The maximum Gasteiger partial charge on any atom is 0.230 e. The number of hydrogen-bond acceptors (Lipinski definition) is 3. The summed E-state index contributed by atoms with van der Waals surface area (Å²) in [6.45, 7) is 1.89. The highest BCUT2D eigenvalue weighted by atomic mass is 19.1. The van der Waals surface area contributed by atoms with Crippen LogP contribution in [0.3, 0.4) is 0 Å². The van der Waals surface area contributed by atoms with Crippen LogP contribution in [0.5, 0.6) is 0 Å². The molecule has 2 N–H and O–H groups in total. The van der Waals surface area contributed by atoms with E-state index in [1.165, 1.54) is 24.3 Å². The molecule has 4 rings (SSSR count). The molecule has 1 amide bonds. The maximum absolute atomic E-state index is 12.9. The fourth-order valence-electron chi connectivity index (χ4n) is 3.37. The molecule has 0 bridgehead atoms. The average Bonchev–Trinajstić information content (AvgIpc) is 2.79. The molecule has 31 heavy (non-hydrogen) atoms. The number of β-lactam (4-membered cyclic amide) rings is 1. The molecule has 1 aliphatic rings. The lowest BCUT2D eigenvalue weighted by Crippen LogP contribution is -2.46. The van der Waals surface area contributed by atoms with E-state index in [0.717, 1.165) is 16.7 Å². The third-order valence-electron chi connectivity index (χ3n) is 5.24. The number of carbonyl (C=O) groups excluding carboxylic acids is 1. The number of nitrogens with zero attached hydrogens (tertiary/aromatic N) is 1. The Morgan fingerprint density at radius 3 is 1.97 bits per heavy atom. The van der Waals surface area contributed by atoms with Gasteiger partial charge in [0.05, 0.1) is 25.2 Å². The molecular weight excluding hydrogens is 400 g/mol. The Morgan fingerprint density at radius 2 is 1.48 bits per heavy atom. The molecule has 1 aliphatic heterocycles. The number of carbonyl (C=O) groups is 1. The normalized spacial score (nSPS) is 16.2. The second-order valence-corrected chi connectivity index (χ2v) is 7.34. The van der Waals surface area contributed by atoms with Crippen molar-refractivity contribution in [3.05, 3.63) is 101 Å². The molecule has 6 heteroatoms. The molecule has 1 fully saturated rings. The van der Waals surface area contributed by atoms with Crippen LogP contribution >= 0.6 is 0 Å². The van der Waals surface area contributed by atoms with Gasteiger partial charge in [0, 0.05) is 5.69 Å². The zero-order valence-electron chi connectivity index (χ0n) is 17.2. The molecule has 0 aromatic heterocycles. The molecule has 1 heterocycles. The lowest BCUT2D eigenvalue weighted by molar-refractivity contribution is -0.124. The van der Waals surface area contributed by atoms with Crippen molar-refractivity contribution in [3.63, 3.8) is 0 Å². The number of rotatable bonds is 5. The van der Waals surface area contributed by atoms with Crippen LogP contribution < -0.4 is 4.90 Å². The lowest BCUT2D eigenvalue weighted by atomic mass is 9.92. The summed E-state index contributed by atoms with van der Waals surface area (Å²) in [5.74, 6) is -0.546. The van der Waals surface area contributed by atoms with Crippen molar-refractivity contribution in [2.45, 2.75) is 38.5 Å². The summed E-state index contributed by atoms with van der Waals surface area (Å²) in [7, 11) is 0. The third-order valence-corrected chi connectivity index (χ3v) is 5.24. The van der Waals surface area contributed by atoms with Crippen LogP contribution in [0.25, 0.3) is 0 Å². The van der Waals surface area contributed by atoms with Crippen LogP contribution in [-0.4, -0.2) is 16.1 Å². The summed E-state index contributed by atoms with van der Waals surface area (Å²) >= 11 is 0. The topological polar surface area (TPSA) is 60.8 Å². The molecule has 1 saturated heterocycles. The average molecular weight is 425 g/mol. The first kappa shape index (κ1) is 22.6. The zero-order chi connectivity index (χ0) is 22.4. The standard InChI is InChI=1S/C16H14FNO2.C9H11FO/c17-13-5-7-14(8-6-13)18-15(9-16(18)20)12-3-1-11(10-19)2-4-12;1-2-9(11)7-3-5-8(10)6-4-7/h1-8,15,19H,9-10H2;3-6,9,11H,2H2,1H3. The predicted octanol–water partition coefficient (Wildman–Crippen LogP) is 5.07. The molecule has 0 saturated carbocycles. The van der Waals surface area contributed by atoms with Crippen molar-refractivity contribution in [1.29, 1.82) is 0 Å². The Morgan fingerprint density at radius 1 is 0.935 bits per heavy atom. The molecular formula is C25H25F2NO3. The van der Waals surface area contributed by atoms with E-state index in [4.69, 9.17) is 5.11 Å². The minimum atomic E-state index is -0.462. The highest BCUT2D eigenvalue weighted by Gasteiger charge is 2.38. The van der Waals surface area contributed by atoms with Gasteiger partial charge in [0.2, 0.25) is 5.91 Å². The smallest absolute Gasteiger partial charge is 0.230 e. The van der Waals surface area contributed by atoms with E-state index in [1.807, 2.05) is 31.2 Å². The van der Waals surface area contributed by atoms with Crippen LogP contribution in [0.15, 0.2) is 72.8 Å². The molecule has 2 atom stereocenters. The van der Waals surface area contributed by atoms with Crippen molar-refractivity contribution in [2.75, 3.05) is 4.90 Å². The zero-order valence-corrected chi connectivity index (χ0v) is 17.2. The maximum atomic E-state index is 12.9. The summed E-state index contributed by atoms with van der Waals surface area (Å²) in [6.07, 6.45) is 0.650. The van der Waals surface area contributed by atoms with E-state index in [2.05, 4.69) is 0 Å². The van der Waals surface area contributed by atoms with Crippen molar-refractivity contribution < 1.29 is 23.8 Å². The Balaban J connectivity index is 0.000000210. The summed E-state index contributed by atoms with van der Waals surface area (Å²) in [6, 6.07) is 19.4. The first-order valence-corrected chi connectivity index (χ1v) is 10.1. The molecule has 2 unspecified atom stereocenters. The number of amides is 1. The Labute approximate surface area is 180 Å². The molecule has 3 aromatic rings. The van der Waals surface area contributed by atoms with Gasteiger partial charge in [0.25, 0.3) is 0 Å². The number of hydrogen-bond donors (Lipinski definition) is 2. The van der Waals surface area contributed by atoms with Gasteiger partial charge >= 0.3 is 0 Å². The number of aliphatic hydroxyl groups excluding tert-OH is 2. The van der Waals surface area contributed by atoms with E-state index < -0.39 is 6.10 Å². The van der Waals surface area contributed by atoms with Gasteiger partial charge in [-0.05, 0) is 59.5 Å². The minimum Gasteiger partial charge on any atom is -0.392 e. The van der Waals surface area contributed by atoms with Gasteiger partial charge in [0.15, 0.2) is 0 Å². The third kappa shape index (κ3) is 5.54. The number of halogens is 2. The van der Waals surface area contributed by atoms with E-state index in [-0.39, 0.29) is 30.2 Å². The van der Waals surface area contributed by atoms with Gasteiger partial charge in [0.1, 0.15) is 11.6 Å². The molecule has 4 nitrogen and oxygen atoms in total. The van der Waals surface area contributed by atoms with Gasteiger partial charge in [-0.15, -0.1) is 0 Å². The molecule has 162 valence electrons. The van der Waals surface area contributed by atoms with E-state index in [1.54, 1.807) is 29.2 Å². The summed E-state index contributed by atoms with van der Waals surface area (Å²) in [4.78, 5) is 13.5. The van der Waals surface area contributed by atoms with Crippen molar-refractivity contribution >= 4 is 11.6 Å². The first-order valence-electron chi connectivity index (χ1n) is 10.1. The number of anilines is 1. The molecule has 3 aromatic carbocycles. The van der Waals surface area contributed by atoms with Gasteiger partial charge in [-0.25, -0.2) is 8.78 Å². The number of benzene rings is 3. The molecule has 0 aliphatic carbocycles. The second-order valence-electron chi connectivity index (χ2n) is 7.34. The predicted molar refractivity (Wildman–Crippen MR) is 115 cm³/mol. The monoisotopic (exact) mass is 425 g/mol. The quantitative estimate of drug-likeness (QED) is 0.562. The van der Waals surface area contributed by atoms with E-state index >= 15 is 0 Å². The van der Waals surface area contributed by atoms with Crippen molar-refractivity contribution in [2.24, 2.45) is 0 Å². The highest BCUT2D eigenvalue weighted by Crippen LogP contribution is 2.38. The van der Waals surface area contributed by atoms with Gasteiger partial charge in [-0.1, -0.05) is 43.3 Å². The van der Waals surface area contributed by atoms with Crippen LogP contribution in [-0.2, 0) is 11.4 Å². The summed E-state index contributed by atoms with van der Waals surface area (Å²) in [5.41, 5.74) is 3.34. The van der Waals surface area contributed by atoms with Crippen LogP contribution in [0, 0.1) is 11.6 Å². The van der Waals surface area contributed by atoms with E-state index in [0.29, 0.717) is 18.5 Å². The summed E-state index contributed by atoms with van der Waals surface area (Å²) in [5, 5.41) is 18.3. The number of aliphatic hydroxyl groups is 2. The Kier molecular flexibility index (Phi) is 7.50. The second kappa shape index (κ2) is 10.3. The largest absolute Gasteiger partial charge is 0.392 e. The Hall–Kier alpha value is -3.09. The van der Waals surface area contributed by atoms with Crippen LogP contribution in [0.1, 0.15) is 48.6 Å². The van der Waals surface area contributed by atoms with Crippen LogP contribution in [0.4, 0.5) is 14.5 Å². The molecule has 0 spiro atoms. The summed E-state index contributed by atoms with van der Waals surface area (Å²) < 4.78 is 25.3. The fraction of sp³-hybridized carbons (Fsp3) is 0.240. The van der Waals surface area contributed by atoms with Crippen molar-refractivity contribution in [1.82, 2.24) is 0 Å². The minimum absolute atomic E-state index is 0.00551. The van der Waals surface area contributed by atoms with Gasteiger partial charge < -0.3 is 15.1 Å².